The molecule has 0 aromatic heterocycles. The summed E-state index contributed by atoms with van der Waals surface area (Å²) in [6, 6.07) is 15.3. The predicted molar refractivity (Wildman–Crippen MR) is 221 cm³/mol. The maximum absolute atomic E-state index is 14.9. The third kappa shape index (κ3) is 14.6. The average Bonchev–Trinajstić information content (AvgIpc) is 3.18. The number of carbonyl (C=O) groups is 5. The minimum atomic E-state index is -1.48. The number of hydrogen-bond acceptors (Lipinski definition) is 9. The van der Waals surface area contributed by atoms with Crippen LogP contribution < -0.4 is 20.1 Å². The quantitative estimate of drug-likeness (QED) is 0.0717. The van der Waals surface area contributed by atoms with E-state index in [0.29, 0.717) is 30.1 Å². The molecular weight excluding hydrogens is 727 g/mol. The van der Waals surface area contributed by atoms with Gasteiger partial charge in [0, 0.05) is 19.5 Å². The molecule has 3 rings (SSSR count). The van der Waals surface area contributed by atoms with Gasteiger partial charge < -0.3 is 34.5 Å². The molecule has 3 aromatic rings. The number of unbranched alkanes of at least 4 members (excludes halogenated alkanes) is 5. The number of anilines is 1. The summed E-state index contributed by atoms with van der Waals surface area (Å²) >= 11 is 0. The number of ether oxygens (including phenoxy) is 4. The third-order valence-electron chi connectivity index (χ3n) is 9.49. The summed E-state index contributed by atoms with van der Waals surface area (Å²) in [6.45, 7) is 11.3. The first-order valence-corrected chi connectivity index (χ1v) is 19.9. The highest BCUT2D eigenvalue weighted by atomic mass is 16.5. The molecule has 3 amide bonds. The van der Waals surface area contributed by atoms with E-state index in [1.807, 2.05) is 26.0 Å². The highest BCUT2D eigenvalue weighted by Gasteiger charge is 2.41. The number of hydrogen-bond donors (Lipinski definition) is 2. The lowest BCUT2D eigenvalue weighted by molar-refractivity contribution is -0.145. The fraction of sp³-hybridized carbons (Fsp3) is 0.489. The Bertz CT molecular complexity index is 1790. The Balaban J connectivity index is 2.15. The van der Waals surface area contributed by atoms with Crippen LogP contribution in [0, 0.1) is 19.8 Å². The van der Waals surface area contributed by atoms with Crippen LogP contribution in [0.4, 0.5) is 5.69 Å². The first kappa shape index (κ1) is 46.0. The lowest BCUT2D eigenvalue weighted by atomic mass is 9.96. The molecule has 2 unspecified atom stereocenters. The minimum absolute atomic E-state index is 0.0684. The van der Waals surface area contributed by atoms with E-state index in [9.17, 15) is 24.0 Å². The molecule has 2 atom stereocenters. The molecule has 0 fully saturated rings. The molecule has 0 radical (unpaired) electrons. The number of nitrogens with one attached hydrogen (secondary N) is 2. The zero-order valence-corrected chi connectivity index (χ0v) is 34.9. The zero-order chi connectivity index (χ0) is 41.9. The molecule has 12 heteroatoms. The summed E-state index contributed by atoms with van der Waals surface area (Å²) in [4.78, 5) is 70.4. The molecule has 2 N–H and O–H groups in total. The third-order valence-corrected chi connectivity index (χ3v) is 9.49. The topological polar surface area (TPSA) is 150 Å². The lowest BCUT2D eigenvalue weighted by Gasteiger charge is -2.36. The molecule has 0 aliphatic rings. The van der Waals surface area contributed by atoms with Gasteiger partial charge in [-0.2, -0.15) is 0 Å². The van der Waals surface area contributed by atoms with Crippen LogP contribution in [0.5, 0.6) is 11.5 Å². The second-order valence-corrected chi connectivity index (χ2v) is 14.7. The lowest BCUT2D eigenvalue weighted by Crippen LogP contribution is -2.54. The van der Waals surface area contributed by atoms with Crippen LogP contribution in [0.25, 0.3) is 0 Å². The van der Waals surface area contributed by atoms with Crippen molar-refractivity contribution in [2.24, 2.45) is 5.92 Å². The van der Waals surface area contributed by atoms with E-state index in [4.69, 9.17) is 18.9 Å². The summed E-state index contributed by atoms with van der Waals surface area (Å²) < 4.78 is 22.6. The largest absolute Gasteiger partial charge is 0.497 e. The van der Waals surface area contributed by atoms with Crippen molar-refractivity contribution in [3.63, 3.8) is 0 Å². The molecule has 0 saturated heterocycles. The summed E-state index contributed by atoms with van der Waals surface area (Å²) in [5.74, 6) is -1.91. The zero-order valence-electron chi connectivity index (χ0n) is 34.9. The van der Waals surface area contributed by atoms with Crippen LogP contribution in [0.3, 0.4) is 0 Å². The van der Waals surface area contributed by atoms with E-state index in [0.717, 1.165) is 49.7 Å². The molecular formula is C45H61N3O9. The van der Waals surface area contributed by atoms with Gasteiger partial charge in [0.25, 0.3) is 5.91 Å². The normalized spacial score (nSPS) is 11.9. The van der Waals surface area contributed by atoms with Crippen molar-refractivity contribution in [3.05, 3.63) is 88.5 Å². The van der Waals surface area contributed by atoms with Gasteiger partial charge in [-0.3, -0.25) is 19.2 Å². The molecule has 57 heavy (non-hydrogen) atoms. The van der Waals surface area contributed by atoms with Gasteiger partial charge in [-0.25, -0.2) is 4.79 Å². The van der Waals surface area contributed by atoms with Crippen molar-refractivity contribution in [2.45, 2.75) is 105 Å². The fourth-order valence-corrected chi connectivity index (χ4v) is 6.36. The summed E-state index contributed by atoms with van der Waals surface area (Å²) in [5.41, 5.74) is 2.64. The molecule has 310 valence electrons. The Morgan fingerprint density at radius 1 is 0.772 bits per heavy atom. The molecule has 0 aliphatic carbocycles. The van der Waals surface area contributed by atoms with E-state index >= 15 is 0 Å². The molecule has 0 aliphatic heterocycles. The number of amides is 3. The predicted octanol–water partition coefficient (Wildman–Crippen LogP) is 8.14. The molecule has 0 heterocycles. The highest BCUT2D eigenvalue weighted by Crippen LogP contribution is 2.33. The maximum Gasteiger partial charge on any atom is 0.342 e. The molecule has 3 aromatic carbocycles. The Morgan fingerprint density at radius 3 is 2.11 bits per heavy atom. The number of methoxy groups -OCH3 is 2. The van der Waals surface area contributed by atoms with Crippen LogP contribution in [-0.2, 0) is 23.9 Å². The van der Waals surface area contributed by atoms with Crippen LogP contribution in [0.1, 0.15) is 123 Å². The van der Waals surface area contributed by atoms with Crippen LogP contribution in [0.2, 0.25) is 0 Å². The van der Waals surface area contributed by atoms with Gasteiger partial charge in [-0.15, -0.1) is 0 Å². The number of carbonyl (C=O) groups excluding carboxylic acids is 5. The minimum Gasteiger partial charge on any atom is -0.497 e. The fourth-order valence-electron chi connectivity index (χ4n) is 6.36. The van der Waals surface area contributed by atoms with Crippen molar-refractivity contribution in [2.75, 3.05) is 39.2 Å². The first-order chi connectivity index (χ1) is 27.3. The van der Waals surface area contributed by atoms with Gasteiger partial charge in [0.15, 0.2) is 12.1 Å². The summed E-state index contributed by atoms with van der Waals surface area (Å²) in [6.07, 6.45) is 5.44. The van der Waals surface area contributed by atoms with Gasteiger partial charge in [0.2, 0.25) is 11.8 Å². The Hall–Kier alpha value is -5.39. The van der Waals surface area contributed by atoms with Gasteiger partial charge >= 0.3 is 11.9 Å². The number of aryl methyl sites for hydroxylation is 2. The average molecular weight is 788 g/mol. The molecule has 0 bridgehead atoms. The molecule has 0 saturated carbocycles. The number of benzene rings is 3. The Morgan fingerprint density at radius 2 is 1.46 bits per heavy atom. The standard InChI is InChI=1S/C45H61N3O9/c1-9-10-11-14-25-48(44(52)36-23-19-32(5)27-38(36)47-33(6)49)41(43(51)46-29-40(50)56-26-15-12-13-16-30(2)3)42(34-20-17-31(4)18-21-34)57-45(53)37-24-22-35(54-7)28-39(37)55-8/h17-24,27-28,30,41-42H,9-16,25-26,29H2,1-8H3,(H,46,51)(H,47,49). The maximum atomic E-state index is 14.9. The van der Waals surface area contributed by atoms with E-state index in [1.54, 1.807) is 42.5 Å². The second kappa shape index (κ2) is 23.6. The number of esters is 2. The second-order valence-electron chi connectivity index (χ2n) is 14.7. The highest BCUT2D eigenvalue weighted by molar-refractivity contribution is 6.05. The van der Waals surface area contributed by atoms with Crippen LogP contribution >= 0.6 is 0 Å². The summed E-state index contributed by atoms with van der Waals surface area (Å²) in [5, 5.41) is 5.45. The van der Waals surface area contributed by atoms with E-state index in [-0.39, 0.29) is 41.6 Å². The van der Waals surface area contributed by atoms with Crippen LogP contribution in [0.15, 0.2) is 60.7 Å². The van der Waals surface area contributed by atoms with E-state index in [1.165, 1.54) is 32.1 Å². The van der Waals surface area contributed by atoms with Crippen molar-refractivity contribution < 1.29 is 42.9 Å². The van der Waals surface area contributed by atoms with Crippen molar-refractivity contribution >= 4 is 35.3 Å². The SMILES string of the molecule is CCCCCCN(C(=O)c1ccc(C)cc1NC(C)=O)C(C(=O)NCC(=O)OCCCCCC(C)C)C(OC(=O)c1ccc(OC)cc1OC)c1ccc(C)cc1. The van der Waals surface area contributed by atoms with Crippen LogP contribution in [-0.4, -0.2) is 74.5 Å². The van der Waals surface area contributed by atoms with E-state index in [2.05, 4.69) is 31.4 Å². The molecule has 0 spiro atoms. The van der Waals surface area contributed by atoms with Crippen molar-refractivity contribution in [1.29, 1.82) is 0 Å². The monoisotopic (exact) mass is 787 g/mol. The Kier molecular flexibility index (Phi) is 19.1. The summed E-state index contributed by atoms with van der Waals surface area (Å²) in [7, 11) is 2.90. The number of nitrogens with zero attached hydrogens (tertiary/aromatic N) is 1. The van der Waals surface area contributed by atoms with E-state index < -0.39 is 42.4 Å². The van der Waals surface area contributed by atoms with Crippen molar-refractivity contribution in [1.82, 2.24) is 10.2 Å². The van der Waals surface area contributed by atoms with Gasteiger partial charge in [0.1, 0.15) is 23.6 Å². The van der Waals surface area contributed by atoms with Gasteiger partial charge in [0.05, 0.1) is 32.1 Å². The number of rotatable bonds is 23. The van der Waals surface area contributed by atoms with Gasteiger partial charge in [-0.1, -0.05) is 95.2 Å². The van der Waals surface area contributed by atoms with Gasteiger partial charge in [-0.05, 0) is 68.0 Å². The molecule has 12 nitrogen and oxygen atoms in total. The smallest absolute Gasteiger partial charge is 0.342 e. The van der Waals surface area contributed by atoms with Crippen molar-refractivity contribution in [3.8, 4) is 11.5 Å². The Labute approximate surface area is 338 Å². The first-order valence-electron chi connectivity index (χ1n) is 19.9.